The van der Waals surface area contributed by atoms with Gasteiger partial charge in [0, 0.05) is 44.8 Å². The first-order valence-corrected chi connectivity index (χ1v) is 12.0. The minimum atomic E-state index is -0.0601. The Morgan fingerprint density at radius 2 is 2.00 bits per heavy atom. The fourth-order valence-corrected chi connectivity index (χ4v) is 5.44. The van der Waals surface area contributed by atoms with E-state index in [1.54, 1.807) is 4.90 Å². The van der Waals surface area contributed by atoms with Crippen molar-refractivity contribution in [2.45, 2.75) is 59.4 Å². The Hall–Kier alpha value is -2.49. The molecule has 0 bridgehead atoms. The lowest BCUT2D eigenvalue weighted by molar-refractivity contribution is -0.125. The molecule has 31 heavy (non-hydrogen) atoms. The van der Waals surface area contributed by atoms with Crippen molar-refractivity contribution < 1.29 is 9.59 Å². The SMILES string of the molecule is CCn1nc(C)c(CCNC(=O)C2CCCN(c3nnc(N4CCCC4=O)s3)C2)c1C. The van der Waals surface area contributed by atoms with Crippen molar-refractivity contribution in [1.82, 2.24) is 25.3 Å². The van der Waals surface area contributed by atoms with E-state index >= 15 is 0 Å². The van der Waals surface area contributed by atoms with Crippen LogP contribution in [-0.4, -0.2) is 58.0 Å². The van der Waals surface area contributed by atoms with Gasteiger partial charge in [-0.1, -0.05) is 11.3 Å². The topological polar surface area (TPSA) is 96.2 Å². The van der Waals surface area contributed by atoms with Gasteiger partial charge in [0.05, 0.1) is 11.6 Å². The second-order valence-corrected chi connectivity index (χ2v) is 9.24. The lowest BCUT2D eigenvalue weighted by Gasteiger charge is -2.31. The predicted octanol–water partition coefficient (Wildman–Crippen LogP) is 2.07. The quantitative estimate of drug-likeness (QED) is 0.701. The number of amides is 2. The molecule has 0 spiro atoms. The molecule has 2 fully saturated rings. The monoisotopic (exact) mass is 445 g/mol. The summed E-state index contributed by atoms with van der Waals surface area (Å²) >= 11 is 1.44. The molecule has 1 unspecified atom stereocenters. The Kier molecular flexibility index (Phi) is 6.54. The first kappa shape index (κ1) is 21.7. The zero-order valence-corrected chi connectivity index (χ0v) is 19.4. The molecule has 168 valence electrons. The summed E-state index contributed by atoms with van der Waals surface area (Å²) in [6.45, 7) is 9.90. The van der Waals surface area contributed by atoms with Crippen LogP contribution >= 0.6 is 11.3 Å². The maximum atomic E-state index is 12.8. The number of hydrogen-bond acceptors (Lipinski definition) is 7. The van der Waals surface area contributed by atoms with Gasteiger partial charge in [-0.2, -0.15) is 5.10 Å². The zero-order valence-electron chi connectivity index (χ0n) is 18.6. The van der Waals surface area contributed by atoms with Crippen molar-refractivity contribution in [3.05, 3.63) is 17.0 Å². The first-order valence-electron chi connectivity index (χ1n) is 11.2. The van der Waals surface area contributed by atoms with Crippen LogP contribution in [0.25, 0.3) is 0 Å². The summed E-state index contributed by atoms with van der Waals surface area (Å²) in [5.74, 6) is 0.158. The van der Waals surface area contributed by atoms with E-state index in [0.29, 0.717) is 31.2 Å². The highest BCUT2D eigenvalue weighted by Gasteiger charge is 2.30. The summed E-state index contributed by atoms with van der Waals surface area (Å²) in [5.41, 5.74) is 3.45. The number of hydrogen-bond donors (Lipinski definition) is 1. The number of carbonyl (C=O) groups is 2. The van der Waals surface area contributed by atoms with Gasteiger partial charge in [0.15, 0.2) is 0 Å². The third-order valence-corrected chi connectivity index (χ3v) is 7.28. The molecule has 4 heterocycles. The Labute approximate surface area is 186 Å². The minimum absolute atomic E-state index is 0.0601. The number of aromatic nitrogens is 4. The first-order chi connectivity index (χ1) is 15.0. The molecule has 4 rings (SSSR count). The molecule has 1 atom stereocenters. The fraction of sp³-hybridized carbons (Fsp3) is 0.667. The maximum absolute atomic E-state index is 12.8. The smallest absolute Gasteiger partial charge is 0.228 e. The van der Waals surface area contributed by atoms with Gasteiger partial charge in [0.1, 0.15) is 0 Å². The second-order valence-electron chi connectivity index (χ2n) is 8.31. The largest absolute Gasteiger partial charge is 0.355 e. The molecule has 1 N–H and O–H groups in total. The van der Waals surface area contributed by atoms with E-state index in [1.165, 1.54) is 22.6 Å². The van der Waals surface area contributed by atoms with Gasteiger partial charge in [0.25, 0.3) is 0 Å². The third kappa shape index (κ3) is 4.58. The molecule has 0 radical (unpaired) electrons. The van der Waals surface area contributed by atoms with Crippen LogP contribution in [0.15, 0.2) is 0 Å². The van der Waals surface area contributed by atoms with Crippen LogP contribution in [-0.2, 0) is 22.6 Å². The summed E-state index contributed by atoms with van der Waals surface area (Å²) in [4.78, 5) is 28.6. The standard InChI is InChI=1S/C21H31N7O2S/c1-4-28-15(3)17(14(2)25-28)9-10-22-19(30)16-7-5-11-26(13-16)20-23-24-21(31-20)27-12-6-8-18(27)29/h16H,4-13H2,1-3H3,(H,22,30). The molecule has 0 aliphatic carbocycles. The molecule has 10 heteroatoms. The van der Waals surface area contributed by atoms with Gasteiger partial charge in [-0.05, 0) is 52.0 Å². The van der Waals surface area contributed by atoms with E-state index in [1.807, 2.05) is 11.6 Å². The predicted molar refractivity (Wildman–Crippen MR) is 121 cm³/mol. The summed E-state index contributed by atoms with van der Waals surface area (Å²) < 4.78 is 2.01. The Balaban J connectivity index is 1.31. The van der Waals surface area contributed by atoms with E-state index in [0.717, 1.165) is 49.6 Å². The van der Waals surface area contributed by atoms with Crippen LogP contribution in [0.5, 0.6) is 0 Å². The maximum Gasteiger partial charge on any atom is 0.228 e. The number of anilines is 2. The van der Waals surface area contributed by atoms with Crippen molar-refractivity contribution in [2.75, 3.05) is 36.0 Å². The Bertz CT molecular complexity index is 954. The average Bonchev–Trinajstić information content (AvgIpc) is 3.48. The van der Waals surface area contributed by atoms with Crippen molar-refractivity contribution >= 4 is 33.4 Å². The van der Waals surface area contributed by atoms with Crippen molar-refractivity contribution in [2.24, 2.45) is 5.92 Å². The molecule has 2 aromatic heterocycles. The molecule has 2 amide bonds. The molecule has 2 aromatic rings. The van der Waals surface area contributed by atoms with Gasteiger partial charge in [-0.3, -0.25) is 19.2 Å². The van der Waals surface area contributed by atoms with Crippen LogP contribution < -0.4 is 15.1 Å². The molecular formula is C21H31N7O2S. The molecule has 0 aromatic carbocycles. The average molecular weight is 446 g/mol. The number of piperidine rings is 1. The highest BCUT2D eigenvalue weighted by atomic mass is 32.1. The van der Waals surface area contributed by atoms with Crippen LogP contribution in [0.3, 0.4) is 0 Å². The van der Waals surface area contributed by atoms with Gasteiger partial charge >= 0.3 is 0 Å². The van der Waals surface area contributed by atoms with E-state index in [9.17, 15) is 9.59 Å². The Morgan fingerprint density at radius 1 is 1.19 bits per heavy atom. The molecular weight excluding hydrogens is 414 g/mol. The molecule has 2 aliphatic rings. The van der Waals surface area contributed by atoms with Crippen LogP contribution in [0.4, 0.5) is 10.3 Å². The zero-order chi connectivity index (χ0) is 22.0. The Morgan fingerprint density at radius 3 is 2.71 bits per heavy atom. The fourth-order valence-electron chi connectivity index (χ4n) is 4.52. The number of nitrogens with one attached hydrogen (secondary N) is 1. The van der Waals surface area contributed by atoms with Crippen molar-refractivity contribution in [3.8, 4) is 0 Å². The summed E-state index contributed by atoms with van der Waals surface area (Å²) in [5, 5.41) is 17.7. The third-order valence-electron chi connectivity index (χ3n) is 6.28. The van der Waals surface area contributed by atoms with Gasteiger partial charge < -0.3 is 10.2 Å². The minimum Gasteiger partial charge on any atom is -0.355 e. The number of carbonyl (C=O) groups excluding carboxylic acids is 2. The lowest BCUT2D eigenvalue weighted by atomic mass is 9.97. The second kappa shape index (κ2) is 9.33. The van der Waals surface area contributed by atoms with Crippen molar-refractivity contribution in [1.29, 1.82) is 0 Å². The highest BCUT2D eigenvalue weighted by Crippen LogP contribution is 2.32. The molecule has 9 nitrogen and oxygen atoms in total. The number of nitrogens with zero attached hydrogens (tertiary/aromatic N) is 6. The van der Waals surface area contributed by atoms with E-state index in [4.69, 9.17) is 0 Å². The van der Waals surface area contributed by atoms with E-state index in [-0.39, 0.29) is 17.7 Å². The summed E-state index contributed by atoms with van der Waals surface area (Å²) in [7, 11) is 0. The van der Waals surface area contributed by atoms with Gasteiger partial charge in [0.2, 0.25) is 22.1 Å². The number of aryl methyl sites for hydroxylation is 2. The van der Waals surface area contributed by atoms with Crippen LogP contribution in [0.1, 0.15) is 49.6 Å². The lowest BCUT2D eigenvalue weighted by Crippen LogP contribution is -2.43. The van der Waals surface area contributed by atoms with Crippen LogP contribution in [0, 0.1) is 19.8 Å². The van der Waals surface area contributed by atoms with Crippen molar-refractivity contribution in [3.63, 3.8) is 0 Å². The summed E-state index contributed by atoms with van der Waals surface area (Å²) in [6, 6.07) is 0. The highest BCUT2D eigenvalue weighted by molar-refractivity contribution is 7.19. The number of rotatable bonds is 7. The molecule has 2 saturated heterocycles. The van der Waals surface area contributed by atoms with Gasteiger partial charge in [-0.25, -0.2) is 0 Å². The molecule has 0 saturated carbocycles. The van der Waals surface area contributed by atoms with Crippen LogP contribution in [0.2, 0.25) is 0 Å². The summed E-state index contributed by atoms with van der Waals surface area (Å²) in [6.07, 6.45) is 4.07. The normalized spacial score (nSPS) is 19.3. The van der Waals surface area contributed by atoms with E-state index < -0.39 is 0 Å². The molecule has 2 aliphatic heterocycles. The van der Waals surface area contributed by atoms with E-state index in [2.05, 4.69) is 39.4 Å². The van der Waals surface area contributed by atoms with Gasteiger partial charge in [-0.15, -0.1) is 10.2 Å².